The Hall–Kier alpha value is -3.56. The maximum absolute atomic E-state index is 13.6. The van der Waals surface area contributed by atoms with Gasteiger partial charge in [-0.15, -0.1) is 0 Å². The largest absolute Gasteiger partial charge is 0.493 e. The van der Waals surface area contributed by atoms with Gasteiger partial charge in [0.1, 0.15) is 23.3 Å². The molecule has 0 radical (unpaired) electrons. The van der Waals surface area contributed by atoms with Crippen LogP contribution in [0.2, 0.25) is 0 Å². The number of aryl methyl sites for hydroxylation is 1. The fraction of sp³-hybridized carbons (Fsp3) is 0.481. The summed E-state index contributed by atoms with van der Waals surface area (Å²) >= 11 is 0. The number of likely N-dealkylation sites (tertiary alicyclic amines) is 1. The number of alkyl halides is 2. The number of nitrogens with one attached hydrogen (secondary N) is 2. The number of hydrogen-bond acceptors (Lipinski definition) is 5. The molecule has 1 aliphatic heterocycles. The Morgan fingerprint density at radius 1 is 1.19 bits per heavy atom. The van der Waals surface area contributed by atoms with E-state index in [2.05, 4.69) is 20.3 Å². The highest BCUT2D eigenvalue weighted by Crippen LogP contribution is 2.38. The van der Waals surface area contributed by atoms with Crippen molar-refractivity contribution in [2.45, 2.75) is 58.4 Å². The van der Waals surface area contributed by atoms with Crippen LogP contribution in [0.5, 0.6) is 5.75 Å². The molecular weight excluding hydrogens is 480 g/mol. The van der Waals surface area contributed by atoms with Gasteiger partial charge in [-0.3, -0.25) is 9.59 Å². The molecule has 8 nitrogen and oxygen atoms in total. The molecule has 1 aliphatic carbocycles. The average Bonchev–Trinajstić information content (AvgIpc) is 3.66. The molecule has 1 saturated carbocycles. The zero-order valence-corrected chi connectivity index (χ0v) is 21.0. The lowest BCUT2D eigenvalue weighted by Crippen LogP contribution is -2.46. The molecule has 3 aromatic rings. The average molecular weight is 512 g/mol. The van der Waals surface area contributed by atoms with E-state index < -0.39 is 6.43 Å². The first kappa shape index (κ1) is 25.1. The van der Waals surface area contributed by atoms with Crippen LogP contribution in [0.4, 0.5) is 8.78 Å². The van der Waals surface area contributed by atoms with E-state index in [1.165, 1.54) is 18.5 Å². The fourth-order valence-corrected chi connectivity index (χ4v) is 4.84. The Morgan fingerprint density at radius 3 is 2.62 bits per heavy atom. The molecule has 2 aromatic heterocycles. The molecule has 0 atom stereocenters. The maximum Gasteiger partial charge on any atom is 0.263 e. The minimum atomic E-state index is -2.64. The van der Waals surface area contributed by atoms with Crippen LogP contribution < -0.4 is 10.1 Å². The molecule has 0 unspecified atom stereocenters. The lowest BCUT2D eigenvalue weighted by atomic mass is 10.0. The van der Waals surface area contributed by atoms with Gasteiger partial charge in [0.2, 0.25) is 5.91 Å². The van der Waals surface area contributed by atoms with Gasteiger partial charge in [-0.25, -0.2) is 18.7 Å². The van der Waals surface area contributed by atoms with Crippen LogP contribution in [0.1, 0.15) is 67.1 Å². The van der Waals surface area contributed by atoms with E-state index in [4.69, 9.17) is 4.74 Å². The zero-order valence-electron chi connectivity index (χ0n) is 21.0. The number of ether oxygens (including phenoxy) is 1. The van der Waals surface area contributed by atoms with Crippen molar-refractivity contribution in [1.82, 2.24) is 25.2 Å². The first-order chi connectivity index (χ1) is 17.9. The predicted octanol–water partition coefficient (Wildman–Crippen LogP) is 4.79. The number of nitrogens with zero attached hydrogens (tertiary/aromatic N) is 3. The van der Waals surface area contributed by atoms with Crippen LogP contribution in [0.25, 0.3) is 22.3 Å². The number of aromatic amines is 1. The number of carbonyl (C=O) groups is 2. The molecule has 5 rings (SSSR count). The van der Waals surface area contributed by atoms with Gasteiger partial charge in [0.25, 0.3) is 12.3 Å². The maximum atomic E-state index is 13.6. The van der Waals surface area contributed by atoms with Crippen molar-refractivity contribution >= 4 is 22.8 Å². The lowest BCUT2D eigenvalue weighted by molar-refractivity contribution is -0.131. The molecule has 3 heterocycles. The molecule has 0 bridgehead atoms. The Kier molecular flexibility index (Phi) is 7.08. The van der Waals surface area contributed by atoms with Crippen molar-refractivity contribution in [2.24, 2.45) is 5.92 Å². The number of hydrogen-bond donors (Lipinski definition) is 2. The van der Waals surface area contributed by atoms with Crippen molar-refractivity contribution in [1.29, 1.82) is 0 Å². The smallest absolute Gasteiger partial charge is 0.263 e. The number of fused-ring (bicyclic) bond motifs is 1. The summed E-state index contributed by atoms with van der Waals surface area (Å²) < 4.78 is 33.1. The Morgan fingerprint density at radius 2 is 1.95 bits per heavy atom. The van der Waals surface area contributed by atoms with Gasteiger partial charge in [-0.1, -0.05) is 6.92 Å². The number of halogens is 2. The highest BCUT2D eigenvalue weighted by molar-refractivity contribution is 6.09. The van der Waals surface area contributed by atoms with E-state index in [-0.39, 0.29) is 23.4 Å². The minimum absolute atomic E-state index is 0.0517. The minimum Gasteiger partial charge on any atom is -0.493 e. The zero-order chi connectivity index (χ0) is 26.1. The van der Waals surface area contributed by atoms with E-state index in [9.17, 15) is 18.4 Å². The Labute approximate surface area is 213 Å². The fourth-order valence-electron chi connectivity index (χ4n) is 4.84. The number of amides is 2. The van der Waals surface area contributed by atoms with Crippen molar-refractivity contribution < 1.29 is 23.1 Å². The van der Waals surface area contributed by atoms with Gasteiger partial charge in [0.05, 0.1) is 17.7 Å². The molecule has 37 heavy (non-hydrogen) atoms. The molecule has 2 fully saturated rings. The van der Waals surface area contributed by atoms with Crippen LogP contribution in [0.3, 0.4) is 0 Å². The number of piperidine rings is 1. The topological polar surface area (TPSA) is 100 Å². The highest BCUT2D eigenvalue weighted by Gasteiger charge is 2.28. The molecule has 2 aliphatic rings. The van der Waals surface area contributed by atoms with Gasteiger partial charge in [0.15, 0.2) is 0 Å². The lowest BCUT2D eigenvalue weighted by Gasteiger charge is -2.32. The summed E-state index contributed by atoms with van der Waals surface area (Å²) in [6, 6.07) is 4.28. The van der Waals surface area contributed by atoms with Gasteiger partial charge >= 0.3 is 0 Å². The number of carbonyl (C=O) groups excluding carboxylic acids is 2. The number of H-pyrrole nitrogens is 1. The predicted molar refractivity (Wildman–Crippen MR) is 135 cm³/mol. The van der Waals surface area contributed by atoms with Crippen molar-refractivity contribution in [3.63, 3.8) is 0 Å². The summed E-state index contributed by atoms with van der Waals surface area (Å²) in [5.74, 6) is 0.823. The molecule has 1 aromatic carbocycles. The third-order valence-electron chi connectivity index (χ3n) is 7.17. The number of benzene rings is 1. The van der Waals surface area contributed by atoms with E-state index in [1.807, 2.05) is 11.8 Å². The molecule has 10 heteroatoms. The van der Waals surface area contributed by atoms with Crippen molar-refractivity contribution in [3.8, 4) is 17.0 Å². The van der Waals surface area contributed by atoms with Gasteiger partial charge < -0.3 is 19.9 Å². The Bertz CT molecular complexity index is 1310. The van der Waals surface area contributed by atoms with Crippen LogP contribution in [0, 0.1) is 12.8 Å². The summed E-state index contributed by atoms with van der Waals surface area (Å²) in [5.41, 5.74) is 2.65. The third kappa shape index (κ3) is 5.28. The molecule has 2 amide bonds. The SMILES string of the molecule is CCC(=O)N1CCC(NC(=O)c2c(C)[nH]c3c(-c4cc(C(F)F)ccc4OCC4CC4)ncnc23)CC1. The van der Waals surface area contributed by atoms with Crippen molar-refractivity contribution in [3.05, 3.63) is 41.3 Å². The summed E-state index contributed by atoms with van der Waals surface area (Å²) in [4.78, 5) is 39.1. The Balaban J connectivity index is 1.44. The standard InChI is InChI=1S/C27H31F2N5O3/c1-3-21(35)34-10-8-18(9-11-34)33-27(36)22-15(2)32-25-23(30-14-31-24(22)25)19-12-17(26(28)29)6-7-20(19)37-13-16-4-5-16/h6-7,12,14,16,18,26,32H,3-5,8-11,13H2,1-2H3,(H,33,36). The second kappa shape index (κ2) is 10.4. The van der Waals surface area contributed by atoms with E-state index in [1.54, 1.807) is 13.0 Å². The second-order valence-electron chi connectivity index (χ2n) is 9.86. The number of aromatic nitrogens is 3. The van der Waals surface area contributed by atoms with Gasteiger partial charge in [0, 0.05) is 42.4 Å². The first-order valence-corrected chi connectivity index (χ1v) is 12.8. The molecule has 1 saturated heterocycles. The van der Waals surface area contributed by atoms with Gasteiger partial charge in [-0.05, 0) is 56.7 Å². The summed E-state index contributed by atoms with van der Waals surface area (Å²) in [6.45, 7) is 5.37. The van der Waals surface area contributed by atoms with E-state index in [0.29, 0.717) is 84.2 Å². The van der Waals surface area contributed by atoms with E-state index in [0.717, 1.165) is 12.8 Å². The molecule has 2 N–H and O–H groups in total. The molecular formula is C27H31F2N5O3. The van der Waals surface area contributed by atoms with E-state index >= 15 is 0 Å². The van der Waals surface area contributed by atoms with Crippen LogP contribution in [0.15, 0.2) is 24.5 Å². The van der Waals surface area contributed by atoms with Crippen LogP contribution in [-0.2, 0) is 4.79 Å². The monoisotopic (exact) mass is 511 g/mol. The quantitative estimate of drug-likeness (QED) is 0.453. The van der Waals surface area contributed by atoms with Crippen LogP contribution in [-0.4, -0.2) is 57.4 Å². The van der Waals surface area contributed by atoms with Crippen LogP contribution >= 0.6 is 0 Å². The number of rotatable bonds is 8. The third-order valence-corrected chi connectivity index (χ3v) is 7.17. The second-order valence-corrected chi connectivity index (χ2v) is 9.86. The molecule has 196 valence electrons. The van der Waals surface area contributed by atoms with Crippen molar-refractivity contribution in [2.75, 3.05) is 19.7 Å². The summed E-state index contributed by atoms with van der Waals surface area (Å²) in [7, 11) is 0. The normalized spacial score (nSPS) is 16.4. The molecule has 0 spiro atoms. The summed E-state index contributed by atoms with van der Waals surface area (Å²) in [6.07, 6.45) is 2.74. The van der Waals surface area contributed by atoms with Gasteiger partial charge in [-0.2, -0.15) is 0 Å². The highest BCUT2D eigenvalue weighted by atomic mass is 19.3. The summed E-state index contributed by atoms with van der Waals surface area (Å²) in [5, 5.41) is 3.08. The first-order valence-electron chi connectivity index (χ1n) is 12.8.